The van der Waals surface area contributed by atoms with E-state index in [0.717, 1.165) is 24.3 Å². The van der Waals surface area contributed by atoms with Crippen LogP contribution >= 0.6 is 0 Å². The normalized spacial score (nSPS) is 24.7. The molecule has 0 unspecified atom stereocenters. The predicted molar refractivity (Wildman–Crippen MR) is 73.8 cm³/mol. The minimum atomic E-state index is 0.0928. The van der Waals surface area contributed by atoms with Gasteiger partial charge in [-0.15, -0.1) is 0 Å². The first kappa shape index (κ1) is 12.6. The molecule has 1 aromatic carbocycles. The van der Waals surface area contributed by atoms with E-state index in [0.29, 0.717) is 17.5 Å². The smallest absolute Gasteiger partial charge is 0.244 e. The summed E-state index contributed by atoms with van der Waals surface area (Å²) in [7, 11) is 2.02. The molecule has 1 fully saturated rings. The quantitative estimate of drug-likeness (QED) is 0.887. The van der Waals surface area contributed by atoms with Crippen LogP contribution in [0.15, 0.2) is 22.7 Å². The summed E-state index contributed by atoms with van der Waals surface area (Å²) in [5.74, 6) is 2.61. The minimum Gasteiger partial charge on any atom is -0.454 e. The van der Waals surface area contributed by atoms with Crippen LogP contribution in [-0.2, 0) is 0 Å². The first-order valence-corrected chi connectivity index (χ1v) is 6.90. The molecule has 2 aliphatic heterocycles. The van der Waals surface area contributed by atoms with Gasteiger partial charge in [0.05, 0.1) is 6.04 Å². The molecule has 7 heteroatoms. The lowest BCUT2D eigenvalue weighted by Gasteiger charge is -2.13. The van der Waals surface area contributed by atoms with E-state index in [1.807, 2.05) is 25.2 Å². The highest BCUT2D eigenvalue weighted by Crippen LogP contribution is 2.36. The molecule has 0 bridgehead atoms. The van der Waals surface area contributed by atoms with Crippen LogP contribution in [0.25, 0.3) is 11.4 Å². The summed E-state index contributed by atoms with van der Waals surface area (Å²) in [6.45, 7) is 1.09. The van der Waals surface area contributed by atoms with E-state index in [1.165, 1.54) is 0 Å². The minimum absolute atomic E-state index is 0.0928. The zero-order chi connectivity index (χ0) is 14.4. The third kappa shape index (κ3) is 2.14. The number of rotatable bonds is 2. The second kappa shape index (κ2) is 4.71. The third-order valence-electron chi connectivity index (χ3n) is 3.94. The van der Waals surface area contributed by atoms with Crippen molar-refractivity contribution < 1.29 is 14.0 Å². The fourth-order valence-electron chi connectivity index (χ4n) is 2.85. The standard InChI is InChI=1S/C14H16N4O3/c1-18-6-9(15)5-10(18)14-16-13(17-21-14)8-2-3-11-12(4-8)20-7-19-11/h2-4,9-10H,5-7,15H2,1H3/t9-,10-/m0/s1. The topological polar surface area (TPSA) is 86.6 Å². The van der Waals surface area contributed by atoms with Gasteiger partial charge in [0.15, 0.2) is 11.5 Å². The van der Waals surface area contributed by atoms with Gasteiger partial charge < -0.3 is 19.7 Å². The molecular formula is C14H16N4O3. The SMILES string of the molecule is CN1C[C@@H](N)C[C@H]1c1nc(-c2ccc3c(c2)OCO3)no1. The molecule has 1 saturated heterocycles. The van der Waals surface area contributed by atoms with Crippen molar-refractivity contribution in [1.29, 1.82) is 0 Å². The van der Waals surface area contributed by atoms with Crippen molar-refractivity contribution in [2.75, 3.05) is 20.4 Å². The number of aromatic nitrogens is 2. The van der Waals surface area contributed by atoms with Crippen molar-refractivity contribution in [2.45, 2.75) is 18.5 Å². The van der Waals surface area contributed by atoms with Crippen LogP contribution in [0, 0.1) is 0 Å². The Balaban J connectivity index is 1.62. The molecule has 2 aliphatic rings. The number of likely N-dealkylation sites (tertiary alicyclic amines) is 1. The average molecular weight is 288 g/mol. The van der Waals surface area contributed by atoms with Gasteiger partial charge in [0, 0.05) is 18.2 Å². The number of nitrogens with two attached hydrogens (primary N) is 1. The van der Waals surface area contributed by atoms with Crippen LogP contribution in [-0.4, -0.2) is 41.5 Å². The summed E-state index contributed by atoms with van der Waals surface area (Å²) in [5, 5.41) is 4.07. The molecular weight excluding hydrogens is 272 g/mol. The zero-order valence-corrected chi connectivity index (χ0v) is 11.7. The number of fused-ring (bicyclic) bond motifs is 1. The summed E-state index contributed by atoms with van der Waals surface area (Å²) in [6.07, 6.45) is 0.833. The number of likely N-dealkylation sites (N-methyl/N-ethyl adjacent to an activating group) is 1. The van der Waals surface area contributed by atoms with Gasteiger partial charge in [-0.05, 0) is 31.7 Å². The van der Waals surface area contributed by atoms with Gasteiger partial charge >= 0.3 is 0 Å². The Kier molecular flexibility index (Phi) is 2.83. The summed E-state index contributed by atoms with van der Waals surface area (Å²) >= 11 is 0. The molecule has 0 spiro atoms. The molecule has 1 aromatic heterocycles. The van der Waals surface area contributed by atoms with Crippen LogP contribution < -0.4 is 15.2 Å². The van der Waals surface area contributed by atoms with E-state index in [-0.39, 0.29) is 18.9 Å². The highest BCUT2D eigenvalue weighted by atomic mass is 16.7. The number of nitrogens with zero attached hydrogens (tertiary/aromatic N) is 3. The number of ether oxygens (including phenoxy) is 2. The monoisotopic (exact) mass is 288 g/mol. The zero-order valence-electron chi connectivity index (χ0n) is 11.7. The Bertz CT molecular complexity index is 672. The molecule has 2 N–H and O–H groups in total. The second-order valence-electron chi connectivity index (χ2n) is 5.48. The number of hydrogen-bond donors (Lipinski definition) is 1. The van der Waals surface area contributed by atoms with Crippen LogP contribution in [0.5, 0.6) is 11.5 Å². The van der Waals surface area contributed by atoms with Gasteiger partial charge in [-0.25, -0.2) is 0 Å². The van der Waals surface area contributed by atoms with Crippen LogP contribution in [0.2, 0.25) is 0 Å². The Labute approximate surface area is 121 Å². The van der Waals surface area contributed by atoms with Gasteiger partial charge in [-0.3, -0.25) is 4.90 Å². The van der Waals surface area contributed by atoms with Crippen molar-refractivity contribution in [3.8, 4) is 22.9 Å². The molecule has 110 valence electrons. The fraction of sp³-hybridized carbons (Fsp3) is 0.429. The highest BCUT2D eigenvalue weighted by Gasteiger charge is 2.32. The van der Waals surface area contributed by atoms with Crippen LogP contribution in [0.4, 0.5) is 0 Å². The molecule has 3 heterocycles. The molecule has 0 saturated carbocycles. The summed E-state index contributed by atoms with van der Waals surface area (Å²) in [6, 6.07) is 5.86. The van der Waals surface area contributed by atoms with Crippen molar-refractivity contribution in [3.63, 3.8) is 0 Å². The first-order valence-electron chi connectivity index (χ1n) is 6.90. The van der Waals surface area contributed by atoms with E-state index in [4.69, 9.17) is 19.7 Å². The van der Waals surface area contributed by atoms with Crippen LogP contribution in [0.1, 0.15) is 18.4 Å². The van der Waals surface area contributed by atoms with E-state index < -0.39 is 0 Å². The molecule has 2 aromatic rings. The summed E-state index contributed by atoms with van der Waals surface area (Å²) < 4.78 is 16.1. The molecule has 4 rings (SSSR count). The maximum absolute atomic E-state index is 5.97. The lowest BCUT2D eigenvalue weighted by molar-refractivity contribution is 0.174. The molecule has 7 nitrogen and oxygen atoms in total. The Hall–Kier alpha value is -2.12. The molecule has 0 amide bonds. The molecule has 0 aliphatic carbocycles. The first-order chi connectivity index (χ1) is 10.2. The largest absolute Gasteiger partial charge is 0.454 e. The lowest BCUT2D eigenvalue weighted by Crippen LogP contribution is -2.24. The Morgan fingerprint density at radius 1 is 1.29 bits per heavy atom. The second-order valence-corrected chi connectivity index (χ2v) is 5.48. The van der Waals surface area contributed by atoms with Gasteiger partial charge in [0.2, 0.25) is 18.5 Å². The fourth-order valence-corrected chi connectivity index (χ4v) is 2.85. The molecule has 21 heavy (non-hydrogen) atoms. The number of benzene rings is 1. The van der Waals surface area contributed by atoms with Gasteiger partial charge in [-0.2, -0.15) is 4.98 Å². The van der Waals surface area contributed by atoms with E-state index in [2.05, 4.69) is 15.0 Å². The summed E-state index contributed by atoms with van der Waals surface area (Å²) in [4.78, 5) is 6.64. The van der Waals surface area contributed by atoms with E-state index in [1.54, 1.807) is 0 Å². The van der Waals surface area contributed by atoms with E-state index >= 15 is 0 Å². The Morgan fingerprint density at radius 2 is 2.14 bits per heavy atom. The van der Waals surface area contributed by atoms with Crippen molar-refractivity contribution >= 4 is 0 Å². The van der Waals surface area contributed by atoms with Gasteiger partial charge in [-0.1, -0.05) is 5.16 Å². The average Bonchev–Trinajstić information content (AvgIpc) is 3.17. The maximum Gasteiger partial charge on any atom is 0.244 e. The van der Waals surface area contributed by atoms with Gasteiger partial charge in [0.1, 0.15) is 0 Å². The molecule has 0 radical (unpaired) electrons. The Morgan fingerprint density at radius 3 is 2.95 bits per heavy atom. The van der Waals surface area contributed by atoms with Gasteiger partial charge in [0.25, 0.3) is 0 Å². The highest BCUT2D eigenvalue weighted by molar-refractivity contribution is 5.61. The van der Waals surface area contributed by atoms with E-state index in [9.17, 15) is 0 Å². The predicted octanol–water partition coefficient (Wildman–Crippen LogP) is 1.17. The van der Waals surface area contributed by atoms with Crippen molar-refractivity contribution in [1.82, 2.24) is 15.0 Å². The van der Waals surface area contributed by atoms with Crippen molar-refractivity contribution in [2.24, 2.45) is 5.73 Å². The number of hydrogen-bond acceptors (Lipinski definition) is 7. The van der Waals surface area contributed by atoms with Crippen LogP contribution in [0.3, 0.4) is 0 Å². The third-order valence-corrected chi connectivity index (χ3v) is 3.94. The summed E-state index contributed by atoms with van der Waals surface area (Å²) in [5.41, 5.74) is 6.82. The maximum atomic E-state index is 5.97. The molecule has 2 atom stereocenters. The van der Waals surface area contributed by atoms with Crippen molar-refractivity contribution in [3.05, 3.63) is 24.1 Å². The lowest BCUT2D eigenvalue weighted by atomic mass is 10.1.